The van der Waals surface area contributed by atoms with Crippen LogP contribution in [-0.4, -0.2) is 7.35 Å². The van der Waals surface area contributed by atoms with Crippen molar-refractivity contribution in [3.8, 4) is 16.8 Å². The molecule has 3 heteroatoms. The number of fused-ring (bicyclic) bond motifs is 10. The van der Waals surface area contributed by atoms with E-state index in [9.17, 15) is 0 Å². The highest BCUT2D eigenvalue weighted by Gasteiger charge is 2.35. The van der Waals surface area contributed by atoms with Gasteiger partial charge in [-0.1, -0.05) is 80.6 Å². The number of benzene rings is 5. The van der Waals surface area contributed by atoms with Gasteiger partial charge < -0.3 is 4.57 Å². The quantitative estimate of drug-likeness (QED) is 0.173. The third kappa shape index (κ3) is 2.46. The summed E-state index contributed by atoms with van der Waals surface area (Å²) in [6, 6.07) is 38.1. The SMILES string of the molecule is CC1(C)c2ccccc2-c2ccc(-n3c4ccccc4c4c5c6ccccc6n(I)c5ccc43)cc21. The van der Waals surface area contributed by atoms with Crippen molar-refractivity contribution in [1.29, 1.82) is 0 Å². The number of para-hydroxylation sites is 2. The Hall–Kier alpha value is -3.57. The van der Waals surface area contributed by atoms with Crippen LogP contribution in [0, 0.1) is 0 Å². The standard InChI is InChI=1S/C33H23IN2/c1-33(2)25-12-6-3-9-21(25)22-16-15-20(19-26(22)33)35-27-13-7-4-10-23(27)31-29(35)17-18-30-32(31)24-11-5-8-14-28(24)36(30)34/h3-19H,1-2H3. The van der Waals surface area contributed by atoms with Crippen LogP contribution in [-0.2, 0) is 5.41 Å². The molecule has 0 saturated carbocycles. The van der Waals surface area contributed by atoms with Gasteiger partial charge in [-0.2, -0.15) is 0 Å². The minimum absolute atomic E-state index is 0.0252. The van der Waals surface area contributed by atoms with Crippen LogP contribution in [0.3, 0.4) is 0 Å². The molecule has 0 radical (unpaired) electrons. The van der Waals surface area contributed by atoms with E-state index in [-0.39, 0.29) is 5.41 Å². The van der Waals surface area contributed by atoms with Crippen LogP contribution in [0.4, 0.5) is 0 Å². The van der Waals surface area contributed by atoms with Crippen LogP contribution >= 0.6 is 22.9 Å². The predicted octanol–water partition coefficient (Wildman–Crippen LogP) is 9.40. The first kappa shape index (κ1) is 20.6. The van der Waals surface area contributed by atoms with E-state index >= 15 is 0 Å². The first-order valence-corrected chi connectivity index (χ1v) is 13.4. The van der Waals surface area contributed by atoms with Gasteiger partial charge in [-0.25, -0.2) is 0 Å². The summed E-state index contributed by atoms with van der Waals surface area (Å²) in [6.45, 7) is 4.71. The Labute approximate surface area is 223 Å². The third-order valence-electron chi connectivity index (χ3n) is 8.24. The lowest BCUT2D eigenvalue weighted by Crippen LogP contribution is -2.15. The highest BCUT2D eigenvalue weighted by molar-refractivity contribution is 14.1. The van der Waals surface area contributed by atoms with Gasteiger partial charge in [0.25, 0.3) is 0 Å². The number of aromatic nitrogens is 2. The Morgan fingerprint density at radius 1 is 0.556 bits per heavy atom. The smallest absolute Gasteiger partial charge is 0.0646 e. The fourth-order valence-corrected chi connectivity index (χ4v) is 7.40. The molecule has 2 nitrogen and oxygen atoms in total. The van der Waals surface area contributed by atoms with Crippen molar-refractivity contribution in [2.24, 2.45) is 0 Å². The summed E-state index contributed by atoms with van der Waals surface area (Å²) < 4.78 is 4.76. The molecular weight excluding hydrogens is 551 g/mol. The molecule has 0 bridgehead atoms. The zero-order chi connectivity index (χ0) is 24.2. The monoisotopic (exact) mass is 574 g/mol. The zero-order valence-corrected chi connectivity index (χ0v) is 22.2. The molecule has 7 aromatic rings. The van der Waals surface area contributed by atoms with E-state index < -0.39 is 0 Å². The Kier molecular flexibility index (Phi) is 4.01. The fraction of sp³-hybridized carbons (Fsp3) is 0.0909. The second-order valence-corrected chi connectivity index (χ2v) is 11.4. The van der Waals surface area contributed by atoms with E-state index in [1.54, 1.807) is 0 Å². The topological polar surface area (TPSA) is 9.86 Å². The van der Waals surface area contributed by atoms with Crippen LogP contribution in [0.15, 0.2) is 103 Å². The number of hydrogen-bond donors (Lipinski definition) is 0. The number of hydrogen-bond acceptors (Lipinski definition) is 0. The molecule has 172 valence electrons. The third-order valence-corrected chi connectivity index (χ3v) is 9.28. The molecule has 0 atom stereocenters. The summed E-state index contributed by atoms with van der Waals surface area (Å²) in [5.74, 6) is 0. The summed E-state index contributed by atoms with van der Waals surface area (Å²) in [5.41, 5.74) is 11.8. The largest absolute Gasteiger partial charge is 0.309 e. The average Bonchev–Trinajstić information content (AvgIpc) is 3.48. The number of rotatable bonds is 1. The van der Waals surface area contributed by atoms with E-state index in [2.05, 4.69) is 147 Å². The lowest BCUT2D eigenvalue weighted by atomic mass is 9.82. The maximum Gasteiger partial charge on any atom is 0.0646 e. The van der Waals surface area contributed by atoms with Gasteiger partial charge in [-0.05, 0) is 58.7 Å². The Morgan fingerprint density at radius 2 is 1.17 bits per heavy atom. The van der Waals surface area contributed by atoms with Gasteiger partial charge in [0.2, 0.25) is 0 Å². The van der Waals surface area contributed by atoms with Crippen LogP contribution in [0.2, 0.25) is 0 Å². The summed E-state index contributed by atoms with van der Waals surface area (Å²) in [5, 5.41) is 5.27. The molecule has 0 N–H and O–H groups in total. The molecule has 36 heavy (non-hydrogen) atoms. The zero-order valence-electron chi connectivity index (χ0n) is 20.1. The van der Waals surface area contributed by atoms with Crippen molar-refractivity contribution in [3.05, 3.63) is 114 Å². The molecule has 0 spiro atoms. The first-order chi connectivity index (χ1) is 17.6. The van der Waals surface area contributed by atoms with Gasteiger partial charge in [-0.3, -0.25) is 2.78 Å². The average molecular weight is 574 g/mol. The predicted molar refractivity (Wildman–Crippen MR) is 161 cm³/mol. The molecular formula is C33H23IN2. The fourth-order valence-electron chi connectivity index (χ4n) is 6.58. The minimum Gasteiger partial charge on any atom is -0.309 e. The molecule has 2 heterocycles. The van der Waals surface area contributed by atoms with E-state index in [0.29, 0.717) is 0 Å². The second kappa shape index (κ2) is 7.01. The highest BCUT2D eigenvalue weighted by Crippen LogP contribution is 2.49. The number of nitrogens with zero attached hydrogens (tertiary/aromatic N) is 2. The van der Waals surface area contributed by atoms with Crippen LogP contribution in [0.5, 0.6) is 0 Å². The molecule has 0 aliphatic heterocycles. The molecule has 0 amide bonds. The van der Waals surface area contributed by atoms with E-state index in [1.807, 2.05) is 0 Å². The van der Waals surface area contributed by atoms with Gasteiger partial charge in [0.15, 0.2) is 0 Å². The Morgan fingerprint density at radius 3 is 2.00 bits per heavy atom. The number of halogens is 1. The van der Waals surface area contributed by atoms with Crippen molar-refractivity contribution < 1.29 is 0 Å². The Bertz CT molecular complexity index is 2040. The van der Waals surface area contributed by atoms with Crippen molar-refractivity contribution in [3.63, 3.8) is 0 Å². The molecule has 8 rings (SSSR count). The van der Waals surface area contributed by atoms with Gasteiger partial charge in [-0.15, -0.1) is 0 Å². The van der Waals surface area contributed by atoms with Crippen molar-refractivity contribution in [2.75, 3.05) is 0 Å². The van der Waals surface area contributed by atoms with E-state index in [0.717, 1.165) is 0 Å². The summed E-state index contributed by atoms with van der Waals surface area (Å²) in [4.78, 5) is 0. The summed E-state index contributed by atoms with van der Waals surface area (Å²) in [6.07, 6.45) is 0. The molecule has 2 aromatic heterocycles. The second-order valence-electron chi connectivity index (χ2n) is 10.4. The molecule has 0 fully saturated rings. The van der Waals surface area contributed by atoms with E-state index in [4.69, 9.17) is 0 Å². The first-order valence-electron chi connectivity index (χ1n) is 12.4. The summed E-state index contributed by atoms with van der Waals surface area (Å²) in [7, 11) is 0. The maximum atomic E-state index is 2.46. The molecule has 0 unspecified atom stereocenters. The molecule has 1 aliphatic carbocycles. The molecule has 1 aliphatic rings. The lowest BCUT2D eigenvalue weighted by Gasteiger charge is -2.22. The molecule has 0 saturated heterocycles. The van der Waals surface area contributed by atoms with Gasteiger partial charge in [0.1, 0.15) is 0 Å². The van der Waals surface area contributed by atoms with E-state index in [1.165, 1.54) is 71.6 Å². The van der Waals surface area contributed by atoms with Crippen molar-refractivity contribution in [1.82, 2.24) is 7.35 Å². The normalized spacial score (nSPS) is 14.2. The minimum atomic E-state index is -0.0252. The Balaban J connectivity index is 1.50. The van der Waals surface area contributed by atoms with Crippen LogP contribution < -0.4 is 0 Å². The van der Waals surface area contributed by atoms with Crippen molar-refractivity contribution >= 4 is 66.5 Å². The van der Waals surface area contributed by atoms with Crippen molar-refractivity contribution in [2.45, 2.75) is 19.3 Å². The van der Waals surface area contributed by atoms with Gasteiger partial charge in [0, 0.05) is 32.6 Å². The van der Waals surface area contributed by atoms with Crippen LogP contribution in [0.1, 0.15) is 25.0 Å². The van der Waals surface area contributed by atoms with Crippen LogP contribution in [0.25, 0.3) is 60.4 Å². The lowest BCUT2D eigenvalue weighted by molar-refractivity contribution is 0.660. The van der Waals surface area contributed by atoms with Gasteiger partial charge in [0.05, 0.1) is 44.9 Å². The maximum absolute atomic E-state index is 2.46. The molecule has 5 aromatic carbocycles. The highest BCUT2D eigenvalue weighted by atomic mass is 127. The van der Waals surface area contributed by atoms with Gasteiger partial charge >= 0.3 is 0 Å². The summed E-state index contributed by atoms with van der Waals surface area (Å²) >= 11 is 2.44.